The molecule has 1 atom stereocenters. The van der Waals surface area contributed by atoms with Crippen LogP contribution < -0.4 is 15.5 Å². The Balaban J connectivity index is 1.63. The van der Waals surface area contributed by atoms with Gasteiger partial charge in [-0.1, -0.05) is 25.3 Å². The fourth-order valence-corrected chi connectivity index (χ4v) is 3.65. The van der Waals surface area contributed by atoms with Crippen LogP contribution in [0.25, 0.3) is 0 Å². The SMILES string of the molecule is CC(=O)Nc1cccc(N2C[C@H](C(=O)NC3CCCCC3)CC2=O)c1. The van der Waals surface area contributed by atoms with Crippen molar-refractivity contribution in [2.24, 2.45) is 5.92 Å². The number of nitrogens with zero attached hydrogens (tertiary/aromatic N) is 1. The van der Waals surface area contributed by atoms with Crippen molar-refractivity contribution in [2.75, 3.05) is 16.8 Å². The van der Waals surface area contributed by atoms with Gasteiger partial charge in [0.05, 0.1) is 5.92 Å². The molecule has 0 bridgehead atoms. The van der Waals surface area contributed by atoms with Gasteiger partial charge in [-0.15, -0.1) is 0 Å². The van der Waals surface area contributed by atoms with E-state index in [2.05, 4.69) is 10.6 Å². The first kappa shape index (κ1) is 17.5. The minimum absolute atomic E-state index is 0.0132. The Hall–Kier alpha value is -2.37. The van der Waals surface area contributed by atoms with E-state index in [0.717, 1.165) is 25.7 Å². The molecule has 1 aromatic rings. The molecule has 1 aromatic carbocycles. The summed E-state index contributed by atoms with van der Waals surface area (Å²) in [4.78, 5) is 37.7. The maximum atomic E-state index is 12.5. The van der Waals surface area contributed by atoms with E-state index in [1.165, 1.54) is 13.3 Å². The van der Waals surface area contributed by atoms with Gasteiger partial charge in [-0.3, -0.25) is 14.4 Å². The maximum absolute atomic E-state index is 12.5. The summed E-state index contributed by atoms with van der Waals surface area (Å²) in [6.45, 7) is 1.83. The van der Waals surface area contributed by atoms with Gasteiger partial charge < -0.3 is 15.5 Å². The molecule has 6 nitrogen and oxygen atoms in total. The number of rotatable bonds is 4. The Morgan fingerprint density at radius 1 is 1.16 bits per heavy atom. The van der Waals surface area contributed by atoms with Crippen LogP contribution in [0, 0.1) is 5.92 Å². The number of anilines is 2. The fraction of sp³-hybridized carbons (Fsp3) is 0.526. The van der Waals surface area contributed by atoms with E-state index in [1.54, 1.807) is 23.1 Å². The van der Waals surface area contributed by atoms with Crippen molar-refractivity contribution in [3.8, 4) is 0 Å². The minimum atomic E-state index is -0.307. The quantitative estimate of drug-likeness (QED) is 0.881. The zero-order valence-corrected chi connectivity index (χ0v) is 14.6. The van der Waals surface area contributed by atoms with Gasteiger partial charge in [0.1, 0.15) is 0 Å². The molecule has 1 heterocycles. The van der Waals surface area contributed by atoms with Crippen molar-refractivity contribution in [3.05, 3.63) is 24.3 Å². The average molecular weight is 343 g/mol. The summed E-state index contributed by atoms with van der Waals surface area (Å²) in [5, 5.41) is 5.83. The van der Waals surface area contributed by atoms with Gasteiger partial charge >= 0.3 is 0 Å². The summed E-state index contributed by atoms with van der Waals surface area (Å²) in [7, 11) is 0. The molecule has 0 aromatic heterocycles. The number of nitrogens with one attached hydrogen (secondary N) is 2. The molecule has 1 saturated carbocycles. The second-order valence-corrected chi connectivity index (χ2v) is 6.98. The molecule has 3 amide bonds. The van der Waals surface area contributed by atoms with E-state index < -0.39 is 0 Å². The van der Waals surface area contributed by atoms with Crippen molar-refractivity contribution in [1.29, 1.82) is 0 Å². The Morgan fingerprint density at radius 3 is 2.64 bits per heavy atom. The van der Waals surface area contributed by atoms with Crippen molar-refractivity contribution in [1.82, 2.24) is 5.32 Å². The molecule has 134 valence electrons. The van der Waals surface area contributed by atoms with Crippen LogP contribution >= 0.6 is 0 Å². The van der Waals surface area contributed by atoms with E-state index in [0.29, 0.717) is 17.9 Å². The van der Waals surface area contributed by atoms with Gasteiger partial charge in [0.25, 0.3) is 0 Å². The highest BCUT2D eigenvalue weighted by molar-refractivity contribution is 6.01. The monoisotopic (exact) mass is 343 g/mol. The van der Waals surface area contributed by atoms with Crippen molar-refractivity contribution >= 4 is 29.1 Å². The summed E-state index contributed by atoms with van der Waals surface area (Å²) in [5.41, 5.74) is 1.36. The molecule has 0 unspecified atom stereocenters. The molecular formula is C19H25N3O3. The lowest BCUT2D eigenvalue weighted by Crippen LogP contribution is -2.40. The molecular weight excluding hydrogens is 318 g/mol. The number of benzene rings is 1. The molecule has 3 rings (SSSR count). The predicted molar refractivity (Wildman–Crippen MR) is 96.2 cm³/mol. The highest BCUT2D eigenvalue weighted by Crippen LogP contribution is 2.28. The molecule has 2 N–H and O–H groups in total. The van der Waals surface area contributed by atoms with Gasteiger partial charge in [-0.05, 0) is 31.0 Å². The van der Waals surface area contributed by atoms with Gasteiger partial charge in [0.2, 0.25) is 17.7 Å². The Bertz CT molecular complexity index is 668. The average Bonchev–Trinajstić information content (AvgIpc) is 2.97. The third-order valence-electron chi connectivity index (χ3n) is 4.93. The largest absolute Gasteiger partial charge is 0.353 e. The smallest absolute Gasteiger partial charge is 0.227 e. The van der Waals surface area contributed by atoms with Crippen LogP contribution in [0.3, 0.4) is 0 Å². The fourth-order valence-electron chi connectivity index (χ4n) is 3.65. The zero-order valence-electron chi connectivity index (χ0n) is 14.6. The number of carbonyl (C=O) groups excluding carboxylic acids is 3. The summed E-state index contributed by atoms with van der Waals surface area (Å²) >= 11 is 0. The molecule has 2 aliphatic rings. The highest BCUT2D eigenvalue weighted by atomic mass is 16.2. The summed E-state index contributed by atoms with van der Waals surface area (Å²) in [5.74, 6) is -0.530. The van der Waals surface area contributed by atoms with E-state index >= 15 is 0 Å². The summed E-state index contributed by atoms with van der Waals surface area (Å²) in [6.07, 6.45) is 5.88. The summed E-state index contributed by atoms with van der Waals surface area (Å²) in [6, 6.07) is 7.42. The molecule has 0 radical (unpaired) electrons. The lowest BCUT2D eigenvalue weighted by atomic mass is 9.95. The molecule has 2 fully saturated rings. The van der Waals surface area contributed by atoms with Gasteiger partial charge in [-0.25, -0.2) is 0 Å². The lowest BCUT2D eigenvalue weighted by Gasteiger charge is -2.24. The molecule has 0 spiro atoms. The van der Waals surface area contributed by atoms with Gasteiger partial charge in [0, 0.05) is 37.3 Å². The predicted octanol–water partition coefficient (Wildman–Crippen LogP) is 2.45. The maximum Gasteiger partial charge on any atom is 0.227 e. The van der Waals surface area contributed by atoms with Gasteiger partial charge in [-0.2, -0.15) is 0 Å². The van der Waals surface area contributed by atoms with Crippen LogP contribution in [-0.4, -0.2) is 30.3 Å². The zero-order chi connectivity index (χ0) is 17.8. The topological polar surface area (TPSA) is 78.5 Å². The Labute approximate surface area is 148 Å². The number of hydrogen-bond acceptors (Lipinski definition) is 3. The lowest BCUT2D eigenvalue weighted by molar-refractivity contribution is -0.127. The minimum Gasteiger partial charge on any atom is -0.353 e. The van der Waals surface area contributed by atoms with Crippen molar-refractivity contribution < 1.29 is 14.4 Å². The van der Waals surface area contributed by atoms with Crippen LogP contribution in [0.2, 0.25) is 0 Å². The van der Waals surface area contributed by atoms with Crippen LogP contribution in [-0.2, 0) is 14.4 Å². The number of carbonyl (C=O) groups is 3. The van der Waals surface area contributed by atoms with Crippen LogP contribution in [0.4, 0.5) is 11.4 Å². The first-order chi connectivity index (χ1) is 12.0. The Morgan fingerprint density at radius 2 is 1.92 bits per heavy atom. The van der Waals surface area contributed by atoms with E-state index in [1.807, 2.05) is 6.07 Å². The molecule has 25 heavy (non-hydrogen) atoms. The van der Waals surface area contributed by atoms with Crippen LogP contribution in [0.15, 0.2) is 24.3 Å². The third kappa shape index (κ3) is 4.38. The Kier molecular flexibility index (Phi) is 5.36. The number of amides is 3. The van der Waals surface area contributed by atoms with Gasteiger partial charge in [0.15, 0.2) is 0 Å². The highest BCUT2D eigenvalue weighted by Gasteiger charge is 2.36. The molecule has 1 saturated heterocycles. The molecule has 1 aliphatic carbocycles. The standard InChI is InChI=1S/C19H25N3O3/c1-13(23)20-16-8-5-9-17(11-16)22-12-14(10-18(22)24)19(25)21-15-6-3-2-4-7-15/h5,8-9,11,14-15H,2-4,6-7,10,12H2,1H3,(H,20,23)(H,21,25)/t14-/m1/s1. The van der Waals surface area contributed by atoms with E-state index in [4.69, 9.17) is 0 Å². The van der Waals surface area contributed by atoms with E-state index in [-0.39, 0.29) is 36.1 Å². The first-order valence-corrected chi connectivity index (χ1v) is 9.01. The second kappa shape index (κ2) is 7.68. The van der Waals surface area contributed by atoms with E-state index in [9.17, 15) is 14.4 Å². The van der Waals surface area contributed by atoms with Crippen LogP contribution in [0.5, 0.6) is 0 Å². The summed E-state index contributed by atoms with van der Waals surface area (Å²) < 4.78 is 0. The second-order valence-electron chi connectivity index (χ2n) is 6.98. The molecule has 1 aliphatic heterocycles. The normalized spacial score (nSPS) is 21.2. The first-order valence-electron chi connectivity index (χ1n) is 9.01. The van der Waals surface area contributed by atoms with Crippen molar-refractivity contribution in [2.45, 2.75) is 51.5 Å². The van der Waals surface area contributed by atoms with Crippen molar-refractivity contribution in [3.63, 3.8) is 0 Å². The number of hydrogen-bond donors (Lipinski definition) is 2. The van der Waals surface area contributed by atoms with Crippen LogP contribution in [0.1, 0.15) is 45.4 Å². The molecule has 6 heteroatoms. The third-order valence-corrected chi connectivity index (χ3v) is 4.93.